The topological polar surface area (TPSA) is 67.4 Å². The molecule has 120 valence electrons. The maximum absolute atomic E-state index is 12.0. The summed E-state index contributed by atoms with van der Waals surface area (Å²) in [5.74, 6) is -0.696. The van der Waals surface area contributed by atoms with Crippen LogP contribution < -0.4 is 15.4 Å². The van der Waals surface area contributed by atoms with Gasteiger partial charge in [-0.05, 0) is 31.0 Å². The van der Waals surface area contributed by atoms with Crippen LogP contribution in [0.3, 0.4) is 0 Å². The fourth-order valence-corrected chi connectivity index (χ4v) is 2.29. The molecular formula is C18H20N2O3. The SMILES string of the molecule is COc1ccccc1CNC(=O)C(=O)Nc1c(C)cccc1C. The summed E-state index contributed by atoms with van der Waals surface area (Å²) >= 11 is 0. The van der Waals surface area contributed by atoms with Crippen molar-refractivity contribution in [3.63, 3.8) is 0 Å². The van der Waals surface area contributed by atoms with Crippen molar-refractivity contribution in [3.05, 3.63) is 59.2 Å². The van der Waals surface area contributed by atoms with E-state index in [4.69, 9.17) is 4.74 Å². The summed E-state index contributed by atoms with van der Waals surface area (Å²) in [6.45, 7) is 3.99. The smallest absolute Gasteiger partial charge is 0.313 e. The Bertz CT molecular complexity index is 706. The van der Waals surface area contributed by atoms with Crippen molar-refractivity contribution in [1.29, 1.82) is 0 Å². The highest BCUT2D eigenvalue weighted by molar-refractivity contribution is 6.39. The predicted molar refractivity (Wildman–Crippen MR) is 89.4 cm³/mol. The van der Waals surface area contributed by atoms with E-state index < -0.39 is 11.8 Å². The third-order valence-electron chi connectivity index (χ3n) is 3.56. The Labute approximate surface area is 135 Å². The van der Waals surface area contributed by atoms with Gasteiger partial charge in [0.1, 0.15) is 5.75 Å². The summed E-state index contributed by atoms with van der Waals surface area (Å²) in [5.41, 5.74) is 3.31. The lowest BCUT2D eigenvalue weighted by Crippen LogP contribution is -2.35. The molecule has 5 heteroatoms. The zero-order valence-corrected chi connectivity index (χ0v) is 13.5. The van der Waals surface area contributed by atoms with Gasteiger partial charge in [0.05, 0.1) is 7.11 Å². The van der Waals surface area contributed by atoms with Crippen LogP contribution in [0.4, 0.5) is 5.69 Å². The number of benzene rings is 2. The number of nitrogens with one attached hydrogen (secondary N) is 2. The second-order valence-corrected chi connectivity index (χ2v) is 5.22. The molecule has 0 saturated carbocycles. The Balaban J connectivity index is 1.99. The third-order valence-corrected chi connectivity index (χ3v) is 3.56. The van der Waals surface area contributed by atoms with Gasteiger partial charge in [0.2, 0.25) is 0 Å². The minimum Gasteiger partial charge on any atom is -0.496 e. The molecule has 0 atom stereocenters. The van der Waals surface area contributed by atoms with Crippen LogP contribution in [-0.4, -0.2) is 18.9 Å². The normalized spacial score (nSPS) is 10.0. The Morgan fingerprint density at radius 3 is 2.26 bits per heavy atom. The Morgan fingerprint density at radius 2 is 1.61 bits per heavy atom. The number of anilines is 1. The first-order chi connectivity index (χ1) is 11.0. The quantitative estimate of drug-likeness (QED) is 0.853. The van der Waals surface area contributed by atoms with E-state index >= 15 is 0 Å². The lowest BCUT2D eigenvalue weighted by atomic mass is 10.1. The number of hydrogen-bond donors (Lipinski definition) is 2. The molecule has 2 aromatic carbocycles. The molecule has 0 heterocycles. The van der Waals surface area contributed by atoms with Crippen molar-refractivity contribution in [2.24, 2.45) is 0 Å². The molecule has 0 fully saturated rings. The molecule has 0 bridgehead atoms. The van der Waals surface area contributed by atoms with E-state index in [0.29, 0.717) is 11.4 Å². The molecule has 5 nitrogen and oxygen atoms in total. The maximum atomic E-state index is 12.0. The van der Waals surface area contributed by atoms with E-state index in [-0.39, 0.29) is 6.54 Å². The molecule has 2 amide bonds. The number of methoxy groups -OCH3 is 1. The number of aryl methyl sites for hydroxylation is 2. The highest BCUT2D eigenvalue weighted by Gasteiger charge is 2.16. The molecule has 23 heavy (non-hydrogen) atoms. The van der Waals surface area contributed by atoms with Gasteiger partial charge in [-0.1, -0.05) is 36.4 Å². The van der Waals surface area contributed by atoms with Crippen molar-refractivity contribution in [1.82, 2.24) is 5.32 Å². The zero-order valence-electron chi connectivity index (χ0n) is 13.5. The third kappa shape index (κ3) is 4.10. The molecular weight excluding hydrogens is 292 g/mol. The van der Waals surface area contributed by atoms with E-state index in [2.05, 4.69) is 10.6 Å². The van der Waals surface area contributed by atoms with E-state index in [0.717, 1.165) is 16.7 Å². The van der Waals surface area contributed by atoms with Gasteiger partial charge in [-0.2, -0.15) is 0 Å². The Hall–Kier alpha value is -2.82. The van der Waals surface area contributed by atoms with Gasteiger partial charge in [0.15, 0.2) is 0 Å². The second-order valence-electron chi connectivity index (χ2n) is 5.22. The molecule has 0 spiro atoms. The lowest BCUT2D eigenvalue weighted by molar-refractivity contribution is -0.136. The first kappa shape index (κ1) is 16.5. The Kier molecular flexibility index (Phi) is 5.36. The highest BCUT2D eigenvalue weighted by Crippen LogP contribution is 2.19. The number of ether oxygens (including phenoxy) is 1. The van der Waals surface area contributed by atoms with Crippen LogP contribution in [0.15, 0.2) is 42.5 Å². The number of carbonyl (C=O) groups is 2. The first-order valence-electron chi connectivity index (χ1n) is 7.30. The summed E-state index contributed by atoms with van der Waals surface area (Å²) in [5, 5.41) is 5.26. The van der Waals surface area contributed by atoms with Crippen molar-refractivity contribution < 1.29 is 14.3 Å². The lowest BCUT2D eigenvalue weighted by Gasteiger charge is -2.12. The minimum absolute atomic E-state index is 0.225. The largest absolute Gasteiger partial charge is 0.496 e. The summed E-state index contributed by atoms with van der Waals surface area (Å²) < 4.78 is 5.21. The molecule has 0 unspecified atom stereocenters. The number of carbonyl (C=O) groups excluding carboxylic acids is 2. The molecule has 0 aliphatic heterocycles. The maximum Gasteiger partial charge on any atom is 0.313 e. The summed E-state index contributed by atoms with van der Waals surface area (Å²) in [7, 11) is 1.56. The van der Waals surface area contributed by atoms with Crippen LogP contribution in [0.2, 0.25) is 0 Å². The van der Waals surface area contributed by atoms with E-state index in [9.17, 15) is 9.59 Å². The zero-order chi connectivity index (χ0) is 16.8. The molecule has 2 aromatic rings. The second kappa shape index (κ2) is 7.45. The molecule has 0 aromatic heterocycles. The van der Waals surface area contributed by atoms with Crippen molar-refractivity contribution in [2.45, 2.75) is 20.4 Å². The standard InChI is InChI=1S/C18H20N2O3/c1-12-7-6-8-13(2)16(12)20-18(22)17(21)19-11-14-9-4-5-10-15(14)23-3/h4-10H,11H2,1-3H3,(H,19,21)(H,20,22). The van der Waals surface area contributed by atoms with E-state index in [1.54, 1.807) is 13.2 Å². The molecule has 0 saturated heterocycles. The van der Waals surface area contributed by atoms with Gasteiger partial charge < -0.3 is 15.4 Å². The van der Waals surface area contributed by atoms with Gasteiger partial charge in [0, 0.05) is 17.8 Å². The van der Waals surface area contributed by atoms with Gasteiger partial charge in [0.25, 0.3) is 0 Å². The van der Waals surface area contributed by atoms with Crippen LogP contribution in [0, 0.1) is 13.8 Å². The molecule has 0 aliphatic rings. The molecule has 2 N–H and O–H groups in total. The predicted octanol–water partition coefficient (Wildman–Crippen LogP) is 2.57. The van der Waals surface area contributed by atoms with Crippen LogP contribution in [-0.2, 0) is 16.1 Å². The van der Waals surface area contributed by atoms with Crippen LogP contribution in [0.5, 0.6) is 5.75 Å². The Morgan fingerprint density at radius 1 is 0.957 bits per heavy atom. The summed E-state index contributed by atoms with van der Waals surface area (Å²) in [4.78, 5) is 24.0. The van der Waals surface area contributed by atoms with Crippen LogP contribution in [0.25, 0.3) is 0 Å². The van der Waals surface area contributed by atoms with Gasteiger partial charge in [-0.3, -0.25) is 9.59 Å². The molecule has 0 aliphatic carbocycles. The summed E-state index contributed by atoms with van der Waals surface area (Å²) in [6, 6.07) is 13.0. The fraction of sp³-hybridized carbons (Fsp3) is 0.222. The summed E-state index contributed by atoms with van der Waals surface area (Å²) in [6.07, 6.45) is 0. The minimum atomic E-state index is -0.683. The van der Waals surface area contributed by atoms with Crippen molar-refractivity contribution in [3.8, 4) is 5.75 Å². The van der Waals surface area contributed by atoms with Gasteiger partial charge >= 0.3 is 11.8 Å². The molecule has 2 rings (SSSR count). The van der Waals surface area contributed by atoms with E-state index in [1.807, 2.05) is 50.2 Å². The number of hydrogen-bond acceptors (Lipinski definition) is 3. The van der Waals surface area contributed by atoms with Gasteiger partial charge in [-0.15, -0.1) is 0 Å². The van der Waals surface area contributed by atoms with Gasteiger partial charge in [-0.25, -0.2) is 0 Å². The number of rotatable bonds is 4. The first-order valence-corrected chi connectivity index (χ1v) is 7.30. The van der Waals surface area contributed by atoms with Crippen molar-refractivity contribution in [2.75, 3.05) is 12.4 Å². The number of para-hydroxylation sites is 2. The average Bonchev–Trinajstić information content (AvgIpc) is 2.56. The monoisotopic (exact) mass is 312 g/mol. The van der Waals surface area contributed by atoms with Crippen LogP contribution in [0.1, 0.15) is 16.7 Å². The molecule has 0 radical (unpaired) electrons. The average molecular weight is 312 g/mol. The van der Waals surface area contributed by atoms with Crippen LogP contribution >= 0.6 is 0 Å². The van der Waals surface area contributed by atoms with Crippen molar-refractivity contribution >= 4 is 17.5 Å². The highest BCUT2D eigenvalue weighted by atomic mass is 16.5. The fourth-order valence-electron chi connectivity index (χ4n) is 2.29. The number of amides is 2. The van der Waals surface area contributed by atoms with E-state index in [1.165, 1.54) is 0 Å².